The molecule has 30 heavy (non-hydrogen) atoms. The monoisotopic (exact) mass is 405 g/mol. The average Bonchev–Trinajstić information content (AvgIpc) is 3.04. The minimum Gasteiger partial charge on any atom is -0.322 e. The van der Waals surface area contributed by atoms with Gasteiger partial charge in [0, 0.05) is 0 Å². The Kier molecular flexibility index (Phi) is 6.11. The van der Waals surface area contributed by atoms with E-state index in [1.54, 1.807) is 0 Å². The van der Waals surface area contributed by atoms with Crippen LogP contribution in [0.4, 0.5) is 5.69 Å². The lowest BCUT2D eigenvalue weighted by atomic mass is 10.1. The van der Waals surface area contributed by atoms with Crippen molar-refractivity contribution in [1.82, 2.24) is 0 Å². The molecule has 2 aromatic carbocycles. The van der Waals surface area contributed by atoms with E-state index in [1.807, 2.05) is 38.1 Å². The summed E-state index contributed by atoms with van der Waals surface area (Å²) in [4.78, 5) is 30.2. The smallest absolute Gasteiger partial charge is 0.292 e. The third kappa shape index (κ3) is 4.23. The minimum atomic E-state index is -0.238. The number of carbonyl (C=O) groups excluding carboxylic acids is 2. The number of amides is 2. The summed E-state index contributed by atoms with van der Waals surface area (Å²) >= 11 is 0. The standard InChI is InChI=1S/C25H29N3O2/c1-19-8-6-9-20(2)24(19)28-23(29)18-22(25(28)30)27-16-14-26(15-17-27)13-7-12-21-10-4-3-5-11-21/h3-12,22H,13-18H2,1-2H3/p+2/b12-7+/t22-/m0/s1. The lowest BCUT2D eigenvalue weighted by Crippen LogP contribution is -3.30. The Morgan fingerprint density at radius 3 is 2.27 bits per heavy atom. The fourth-order valence-corrected chi connectivity index (χ4v) is 4.75. The number of carbonyl (C=O) groups is 2. The molecule has 2 heterocycles. The number of para-hydroxylation sites is 1. The first kappa shape index (κ1) is 20.5. The molecular weight excluding hydrogens is 374 g/mol. The molecule has 2 amide bonds. The van der Waals surface area contributed by atoms with Gasteiger partial charge in [-0.3, -0.25) is 9.59 Å². The molecule has 0 spiro atoms. The third-order valence-corrected chi connectivity index (χ3v) is 6.42. The molecule has 2 N–H and O–H groups in total. The van der Waals surface area contributed by atoms with Crippen molar-refractivity contribution in [3.63, 3.8) is 0 Å². The van der Waals surface area contributed by atoms with Crippen molar-refractivity contribution in [3.8, 4) is 0 Å². The van der Waals surface area contributed by atoms with E-state index in [1.165, 1.54) is 20.3 Å². The molecule has 2 aromatic rings. The van der Waals surface area contributed by atoms with E-state index in [4.69, 9.17) is 0 Å². The van der Waals surface area contributed by atoms with E-state index in [9.17, 15) is 9.59 Å². The normalized spacial score (nSPS) is 24.7. The summed E-state index contributed by atoms with van der Waals surface area (Å²) in [5, 5.41) is 0. The molecule has 2 aliphatic heterocycles. The summed E-state index contributed by atoms with van der Waals surface area (Å²) < 4.78 is 0. The van der Waals surface area contributed by atoms with E-state index in [0.717, 1.165) is 49.5 Å². The van der Waals surface area contributed by atoms with Gasteiger partial charge in [0.25, 0.3) is 5.91 Å². The molecule has 0 unspecified atom stereocenters. The number of hydrogen-bond donors (Lipinski definition) is 2. The van der Waals surface area contributed by atoms with Crippen LogP contribution in [0.2, 0.25) is 0 Å². The first-order valence-corrected chi connectivity index (χ1v) is 10.9. The summed E-state index contributed by atoms with van der Waals surface area (Å²) in [6.07, 6.45) is 4.74. The third-order valence-electron chi connectivity index (χ3n) is 6.42. The highest BCUT2D eigenvalue weighted by atomic mass is 16.2. The van der Waals surface area contributed by atoms with E-state index in [-0.39, 0.29) is 17.9 Å². The van der Waals surface area contributed by atoms with Gasteiger partial charge in [0.05, 0.1) is 18.7 Å². The molecule has 5 heteroatoms. The second-order valence-electron chi connectivity index (χ2n) is 8.49. The summed E-state index contributed by atoms with van der Waals surface area (Å²) in [7, 11) is 0. The number of piperazine rings is 1. The Hall–Kier alpha value is -2.76. The fourth-order valence-electron chi connectivity index (χ4n) is 4.75. The summed E-state index contributed by atoms with van der Waals surface area (Å²) in [5.41, 5.74) is 3.96. The van der Waals surface area contributed by atoms with Crippen molar-refractivity contribution in [2.75, 3.05) is 37.6 Å². The van der Waals surface area contributed by atoms with Crippen LogP contribution in [-0.2, 0) is 9.59 Å². The highest BCUT2D eigenvalue weighted by molar-refractivity contribution is 6.22. The van der Waals surface area contributed by atoms with Gasteiger partial charge in [-0.05, 0) is 36.6 Å². The molecule has 4 rings (SSSR count). The van der Waals surface area contributed by atoms with Crippen LogP contribution >= 0.6 is 0 Å². The van der Waals surface area contributed by atoms with Crippen LogP contribution in [-0.4, -0.2) is 50.6 Å². The van der Waals surface area contributed by atoms with Crippen LogP contribution in [0.1, 0.15) is 23.1 Å². The first-order chi connectivity index (χ1) is 14.5. The van der Waals surface area contributed by atoms with E-state index in [2.05, 4.69) is 36.4 Å². The fraction of sp³-hybridized carbons (Fsp3) is 0.360. The second-order valence-corrected chi connectivity index (χ2v) is 8.49. The Bertz CT molecular complexity index is 926. The number of imide groups is 1. The number of aryl methyl sites for hydroxylation is 2. The molecule has 0 saturated carbocycles. The number of benzene rings is 2. The highest BCUT2D eigenvalue weighted by Gasteiger charge is 2.47. The van der Waals surface area contributed by atoms with E-state index >= 15 is 0 Å². The Balaban J connectivity index is 1.35. The molecule has 0 aliphatic carbocycles. The van der Waals surface area contributed by atoms with Crippen molar-refractivity contribution in [2.24, 2.45) is 0 Å². The predicted octanol–water partition coefficient (Wildman–Crippen LogP) is 0.432. The van der Waals surface area contributed by atoms with Gasteiger partial charge in [-0.2, -0.15) is 0 Å². The molecule has 156 valence electrons. The maximum Gasteiger partial charge on any atom is 0.292 e. The highest BCUT2D eigenvalue weighted by Crippen LogP contribution is 2.29. The van der Waals surface area contributed by atoms with Crippen LogP contribution in [0.25, 0.3) is 6.08 Å². The van der Waals surface area contributed by atoms with Crippen molar-refractivity contribution >= 4 is 23.6 Å². The van der Waals surface area contributed by atoms with Gasteiger partial charge in [0.15, 0.2) is 6.04 Å². The molecule has 0 bridgehead atoms. The molecule has 2 saturated heterocycles. The summed E-state index contributed by atoms with van der Waals surface area (Å²) in [6.45, 7) is 8.83. The zero-order valence-corrected chi connectivity index (χ0v) is 17.9. The zero-order chi connectivity index (χ0) is 21.1. The zero-order valence-electron chi connectivity index (χ0n) is 17.9. The molecule has 2 fully saturated rings. The second kappa shape index (κ2) is 8.94. The van der Waals surface area contributed by atoms with Crippen LogP contribution in [0.3, 0.4) is 0 Å². The van der Waals surface area contributed by atoms with Crippen LogP contribution in [0.15, 0.2) is 54.6 Å². The summed E-state index contributed by atoms with van der Waals surface area (Å²) in [5.74, 6) is -0.0877. The van der Waals surface area contributed by atoms with Crippen molar-refractivity contribution in [3.05, 3.63) is 71.3 Å². The topological polar surface area (TPSA) is 46.3 Å². The van der Waals surface area contributed by atoms with Crippen LogP contribution in [0, 0.1) is 13.8 Å². The van der Waals surface area contributed by atoms with Crippen molar-refractivity contribution in [2.45, 2.75) is 26.3 Å². The number of rotatable bonds is 5. The molecule has 1 atom stereocenters. The van der Waals surface area contributed by atoms with Gasteiger partial charge >= 0.3 is 0 Å². The van der Waals surface area contributed by atoms with E-state index in [0.29, 0.717) is 6.42 Å². The van der Waals surface area contributed by atoms with Gasteiger partial charge < -0.3 is 9.80 Å². The first-order valence-electron chi connectivity index (χ1n) is 10.9. The molecule has 2 aliphatic rings. The lowest BCUT2D eigenvalue weighted by Gasteiger charge is -2.31. The minimum absolute atomic E-state index is 0.0279. The maximum absolute atomic E-state index is 13.2. The van der Waals surface area contributed by atoms with Crippen LogP contribution in [0.5, 0.6) is 0 Å². The van der Waals surface area contributed by atoms with Gasteiger partial charge in [-0.1, -0.05) is 54.6 Å². The van der Waals surface area contributed by atoms with E-state index < -0.39 is 0 Å². The molecule has 5 nitrogen and oxygen atoms in total. The lowest BCUT2D eigenvalue weighted by molar-refractivity contribution is -1.02. The predicted molar refractivity (Wildman–Crippen MR) is 119 cm³/mol. The quantitative estimate of drug-likeness (QED) is 0.709. The van der Waals surface area contributed by atoms with Crippen molar-refractivity contribution in [1.29, 1.82) is 0 Å². The number of anilines is 1. The van der Waals surface area contributed by atoms with Gasteiger partial charge in [0.2, 0.25) is 5.91 Å². The molecule has 0 aromatic heterocycles. The molecular formula is C25H31N3O2+2. The Morgan fingerprint density at radius 2 is 1.60 bits per heavy atom. The number of nitrogens with zero attached hydrogens (tertiary/aromatic N) is 1. The van der Waals surface area contributed by atoms with Gasteiger partial charge in [-0.15, -0.1) is 0 Å². The SMILES string of the molecule is Cc1cccc(C)c1N1C(=O)C[C@H]([NH+]2CC[NH+](C/C=C/c3ccccc3)CC2)C1=O. The average molecular weight is 406 g/mol. The Labute approximate surface area is 178 Å². The number of nitrogens with one attached hydrogen (secondary N) is 2. The number of quaternary nitrogens is 2. The van der Waals surface area contributed by atoms with Gasteiger partial charge in [-0.25, -0.2) is 4.90 Å². The van der Waals surface area contributed by atoms with Crippen LogP contribution < -0.4 is 14.7 Å². The summed E-state index contributed by atoms with van der Waals surface area (Å²) in [6, 6.07) is 16.0. The largest absolute Gasteiger partial charge is 0.322 e. The molecule has 0 radical (unpaired) electrons. The van der Waals surface area contributed by atoms with Crippen molar-refractivity contribution < 1.29 is 19.4 Å². The maximum atomic E-state index is 13.2. The number of hydrogen-bond acceptors (Lipinski definition) is 2. The van der Waals surface area contributed by atoms with Gasteiger partial charge in [0.1, 0.15) is 26.2 Å². The Morgan fingerprint density at radius 1 is 0.933 bits per heavy atom.